The van der Waals surface area contributed by atoms with E-state index < -0.39 is 23.7 Å². The molecule has 1 fully saturated rings. The number of aromatic nitrogens is 2. The molecule has 1 aliphatic carbocycles. The van der Waals surface area contributed by atoms with Crippen molar-refractivity contribution in [1.82, 2.24) is 15.1 Å². The van der Waals surface area contributed by atoms with Gasteiger partial charge < -0.3 is 10.4 Å². The Hall–Kier alpha value is -2.70. The summed E-state index contributed by atoms with van der Waals surface area (Å²) in [5.74, 6) is -1.53. The minimum Gasteiger partial charge on any atom is -0.479 e. The molecule has 0 aliphatic heterocycles. The highest BCUT2D eigenvalue weighted by molar-refractivity contribution is 5.96. The average Bonchev–Trinajstić information content (AvgIpc) is 3.22. The molecule has 7 heteroatoms. The summed E-state index contributed by atoms with van der Waals surface area (Å²) in [6, 6.07) is 2.73. The number of hydrogen-bond donors (Lipinski definition) is 2. The first-order chi connectivity index (χ1) is 11.4. The van der Waals surface area contributed by atoms with Crippen LogP contribution in [0.5, 0.6) is 0 Å². The Labute approximate surface area is 138 Å². The van der Waals surface area contributed by atoms with Gasteiger partial charge in [0.2, 0.25) is 0 Å². The number of hydrogen-bond acceptors (Lipinski definition) is 3. The fourth-order valence-corrected chi connectivity index (χ4v) is 2.50. The lowest BCUT2D eigenvalue weighted by Gasteiger charge is -2.15. The third kappa shape index (κ3) is 3.61. The van der Waals surface area contributed by atoms with Crippen molar-refractivity contribution >= 4 is 11.9 Å². The van der Waals surface area contributed by atoms with Crippen LogP contribution in [-0.2, 0) is 11.3 Å². The quantitative estimate of drug-likeness (QED) is 0.851. The van der Waals surface area contributed by atoms with Crippen molar-refractivity contribution in [2.45, 2.75) is 32.4 Å². The Bertz CT molecular complexity index is 783. The molecule has 1 aliphatic rings. The molecule has 2 aromatic rings. The van der Waals surface area contributed by atoms with Crippen molar-refractivity contribution in [3.63, 3.8) is 0 Å². The van der Waals surface area contributed by atoms with Gasteiger partial charge in [0.15, 0.2) is 6.04 Å². The van der Waals surface area contributed by atoms with Gasteiger partial charge in [0.25, 0.3) is 5.91 Å². The molecule has 1 saturated carbocycles. The summed E-state index contributed by atoms with van der Waals surface area (Å²) in [5.41, 5.74) is 0.950. The lowest BCUT2D eigenvalue weighted by atomic mass is 10.0. The predicted octanol–water partition coefficient (Wildman–Crippen LogP) is 2.30. The molecule has 0 saturated heterocycles. The first-order valence-corrected chi connectivity index (χ1v) is 7.76. The molecule has 1 aromatic heterocycles. The normalized spacial score (nSPS) is 15.1. The molecule has 3 rings (SSSR count). The van der Waals surface area contributed by atoms with Crippen LogP contribution in [0, 0.1) is 18.7 Å². The molecule has 2 N–H and O–H groups in total. The number of benzene rings is 1. The second kappa shape index (κ2) is 6.43. The molecule has 0 bridgehead atoms. The van der Waals surface area contributed by atoms with Gasteiger partial charge >= 0.3 is 5.97 Å². The van der Waals surface area contributed by atoms with Gasteiger partial charge in [-0.1, -0.05) is 12.1 Å². The van der Waals surface area contributed by atoms with E-state index in [-0.39, 0.29) is 0 Å². The van der Waals surface area contributed by atoms with Gasteiger partial charge in [0, 0.05) is 12.7 Å². The number of carboxylic acid groups (broad SMARTS) is 1. The molecular weight excluding hydrogens is 313 g/mol. The number of rotatable bonds is 6. The first-order valence-electron chi connectivity index (χ1n) is 7.76. The van der Waals surface area contributed by atoms with Gasteiger partial charge in [-0.3, -0.25) is 9.48 Å². The van der Waals surface area contributed by atoms with E-state index in [0.717, 1.165) is 6.54 Å². The van der Waals surface area contributed by atoms with E-state index in [1.165, 1.54) is 37.2 Å². The molecule has 1 amide bonds. The highest BCUT2D eigenvalue weighted by Gasteiger charge is 2.25. The molecule has 6 nitrogen and oxygen atoms in total. The Balaban J connectivity index is 1.74. The second-order valence-electron chi connectivity index (χ2n) is 6.15. The standard InChI is InChI=1S/C17H18FN3O3/c1-10-6-12(4-5-14(10)18)15(17(23)24)20-16(22)13-7-19-21(9-13)8-11-2-3-11/h4-7,9,11,15H,2-3,8H2,1H3,(H,20,22)(H,23,24). The third-order valence-corrected chi connectivity index (χ3v) is 4.08. The number of amides is 1. The van der Waals surface area contributed by atoms with E-state index in [0.29, 0.717) is 22.6 Å². The molecular formula is C17H18FN3O3. The van der Waals surface area contributed by atoms with Crippen molar-refractivity contribution in [3.8, 4) is 0 Å². The lowest BCUT2D eigenvalue weighted by molar-refractivity contribution is -0.139. The van der Waals surface area contributed by atoms with Gasteiger partial charge in [-0.05, 0) is 42.9 Å². The minimum atomic E-state index is -1.25. The Morgan fingerprint density at radius 1 is 1.46 bits per heavy atom. The van der Waals surface area contributed by atoms with E-state index in [1.54, 1.807) is 17.8 Å². The molecule has 126 valence electrons. The second-order valence-corrected chi connectivity index (χ2v) is 6.15. The summed E-state index contributed by atoms with van der Waals surface area (Å²) in [6.07, 6.45) is 5.38. The van der Waals surface area contributed by atoms with Gasteiger partial charge in [-0.2, -0.15) is 5.10 Å². The zero-order valence-electron chi connectivity index (χ0n) is 13.2. The van der Waals surface area contributed by atoms with E-state index in [9.17, 15) is 19.1 Å². The van der Waals surface area contributed by atoms with Crippen LogP contribution in [0.15, 0.2) is 30.6 Å². The fraction of sp³-hybridized carbons (Fsp3) is 0.353. The first kappa shape index (κ1) is 16.2. The maximum atomic E-state index is 13.4. The number of aryl methyl sites for hydroxylation is 1. The summed E-state index contributed by atoms with van der Waals surface area (Å²) in [4.78, 5) is 23.8. The van der Waals surface area contributed by atoms with Gasteiger partial charge in [-0.25, -0.2) is 9.18 Å². The smallest absolute Gasteiger partial charge is 0.330 e. The molecule has 0 spiro atoms. The van der Waals surface area contributed by atoms with Crippen LogP contribution < -0.4 is 5.32 Å². The summed E-state index contributed by atoms with van der Waals surface area (Å²) < 4.78 is 15.1. The van der Waals surface area contributed by atoms with Gasteiger partial charge in [-0.15, -0.1) is 0 Å². The van der Waals surface area contributed by atoms with Crippen LogP contribution >= 0.6 is 0 Å². The Morgan fingerprint density at radius 2 is 2.21 bits per heavy atom. The van der Waals surface area contributed by atoms with Crippen LogP contribution in [0.2, 0.25) is 0 Å². The van der Waals surface area contributed by atoms with Crippen LogP contribution in [-0.4, -0.2) is 26.8 Å². The molecule has 1 heterocycles. The van der Waals surface area contributed by atoms with Crippen molar-refractivity contribution in [2.24, 2.45) is 5.92 Å². The molecule has 1 aromatic carbocycles. The highest BCUT2D eigenvalue weighted by Crippen LogP contribution is 2.30. The van der Waals surface area contributed by atoms with E-state index in [2.05, 4.69) is 10.4 Å². The third-order valence-electron chi connectivity index (χ3n) is 4.08. The number of nitrogens with zero attached hydrogens (tertiary/aromatic N) is 2. The summed E-state index contributed by atoms with van der Waals surface area (Å²) in [6.45, 7) is 2.31. The fourth-order valence-electron chi connectivity index (χ4n) is 2.50. The van der Waals surface area contributed by atoms with Crippen molar-refractivity contribution in [1.29, 1.82) is 0 Å². The number of carbonyl (C=O) groups is 2. The number of aliphatic carboxylic acids is 1. The molecule has 1 unspecified atom stereocenters. The van der Waals surface area contributed by atoms with Crippen molar-refractivity contribution in [2.75, 3.05) is 0 Å². The maximum Gasteiger partial charge on any atom is 0.330 e. The van der Waals surface area contributed by atoms with E-state index in [4.69, 9.17) is 0 Å². The maximum absolute atomic E-state index is 13.4. The zero-order valence-corrected chi connectivity index (χ0v) is 13.2. The zero-order chi connectivity index (χ0) is 17.3. The summed E-state index contributed by atoms with van der Waals surface area (Å²) in [7, 11) is 0. The number of nitrogens with one attached hydrogen (secondary N) is 1. The molecule has 1 atom stereocenters. The highest BCUT2D eigenvalue weighted by atomic mass is 19.1. The SMILES string of the molecule is Cc1cc(C(NC(=O)c2cnn(CC3CC3)c2)C(=O)O)ccc1F. The van der Waals surface area contributed by atoms with Gasteiger partial charge in [0.05, 0.1) is 11.8 Å². The van der Waals surface area contributed by atoms with Crippen LogP contribution in [0.4, 0.5) is 4.39 Å². The number of carbonyl (C=O) groups excluding carboxylic acids is 1. The number of carboxylic acids is 1. The largest absolute Gasteiger partial charge is 0.479 e. The lowest BCUT2D eigenvalue weighted by Crippen LogP contribution is -2.33. The Morgan fingerprint density at radius 3 is 2.83 bits per heavy atom. The average molecular weight is 331 g/mol. The summed E-state index contributed by atoms with van der Waals surface area (Å²) in [5, 5.41) is 16.0. The topological polar surface area (TPSA) is 84.2 Å². The van der Waals surface area contributed by atoms with Gasteiger partial charge in [0.1, 0.15) is 5.82 Å². The van der Waals surface area contributed by atoms with Crippen LogP contribution in [0.1, 0.15) is 40.4 Å². The van der Waals surface area contributed by atoms with Crippen LogP contribution in [0.25, 0.3) is 0 Å². The van der Waals surface area contributed by atoms with Crippen molar-refractivity contribution in [3.05, 3.63) is 53.1 Å². The van der Waals surface area contributed by atoms with E-state index >= 15 is 0 Å². The Kier molecular flexibility index (Phi) is 4.33. The van der Waals surface area contributed by atoms with E-state index in [1.807, 2.05) is 0 Å². The minimum absolute atomic E-state index is 0.306. The monoisotopic (exact) mass is 331 g/mol. The van der Waals surface area contributed by atoms with Crippen LogP contribution in [0.3, 0.4) is 0 Å². The number of halogens is 1. The van der Waals surface area contributed by atoms with Crippen molar-refractivity contribution < 1.29 is 19.1 Å². The molecule has 0 radical (unpaired) electrons. The predicted molar refractivity (Wildman–Crippen MR) is 83.9 cm³/mol. The molecule has 24 heavy (non-hydrogen) atoms. The summed E-state index contributed by atoms with van der Waals surface area (Å²) >= 11 is 0.